The van der Waals surface area contributed by atoms with Crippen molar-refractivity contribution in [1.82, 2.24) is 4.57 Å². The lowest BCUT2D eigenvalue weighted by molar-refractivity contribution is 0.0848. The molecule has 1 unspecified atom stereocenters. The summed E-state index contributed by atoms with van der Waals surface area (Å²) < 4.78 is 12.4. The Bertz CT molecular complexity index is 959. The molecule has 1 aromatic heterocycles. The van der Waals surface area contributed by atoms with Crippen molar-refractivity contribution in [3.05, 3.63) is 53.7 Å². The predicted molar refractivity (Wildman–Crippen MR) is 104 cm³/mol. The number of rotatable bonds is 5. The van der Waals surface area contributed by atoms with Crippen molar-refractivity contribution >= 4 is 22.5 Å². The van der Waals surface area contributed by atoms with E-state index >= 15 is 0 Å². The Balaban J connectivity index is 1.89. The van der Waals surface area contributed by atoms with Crippen molar-refractivity contribution in [2.24, 2.45) is 5.92 Å². The van der Waals surface area contributed by atoms with Crippen molar-refractivity contribution < 1.29 is 14.3 Å². The van der Waals surface area contributed by atoms with Crippen LogP contribution < -0.4 is 15.2 Å². The molecule has 0 radical (unpaired) electrons. The summed E-state index contributed by atoms with van der Waals surface area (Å²) in [6.07, 6.45) is 0.612. The van der Waals surface area contributed by atoms with Gasteiger partial charge in [-0.25, -0.2) is 0 Å². The lowest BCUT2D eigenvalue weighted by Gasteiger charge is -2.15. The van der Waals surface area contributed by atoms with Gasteiger partial charge in [0, 0.05) is 22.7 Å². The number of fused-ring (bicyclic) bond motifs is 1. The molecule has 0 bridgehead atoms. The molecule has 2 N–H and O–H groups in total. The quantitative estimate of drug-likeness (QED) is 0.703. The van der Waals surface area contributed by atoms with E-state index in [2.05, 4.69) is 0 Å². The van der Waals surface area contributed by atoms with Crippen LogP contribution in [0.4, 0.5) is 5.69 Å². The second-order valence-corrected chi connectivity index (χ2v) is 6.53. The number of nitrogen functional groups attached to an aromatic ring is 1. The van der Waals surface area contributed by atoms with Gasteiger partial charge in [-0.15, -0.1) is 0 Å². The lowest BCUT2D eigenvalue weighted by atomic mass is 9.99. The summed E-state index contributed by atoms with van der Waals surface area (Å²) in [6, 6.07) is 13.4. The van der Waals surface area contributed by atoms with Crippen LogP contribution in [0.3, 0.4) is 0 Å². The molecule has 0 fully saturated rings. The summed E-state index contributed by atoms with van der Waals surface area (Å²) >= 11 is 0. The first-order valence-electron chi connectivity index (χ1n) is 8.58. The third kappa shape index (κ3) is 3.12. The number of aromatic nitrogens is 1. The Morgan fingerprint density at radius 3 is 2.54 bits per heavy atom. The maximum atomic E-state index is 13.1. The number of hydrogen-bond acceptors (Lipinski definition) is 4. The van der Waals surface area contributed by atoms with E-state index in [9.17, 15) is 4.79 Å². The molecule has 1 heterocycles. The van der Waals surface area contributed by atoms with Gasteiger partial charge >= 0.3 is 0 Å². The summed E-state index contributed by atoms with van der Waals surface area (Å²) in [5.74, 6) is 1.21. The van der Waals surface area contributed by atoms with E-state index in [0.29, 0.717) is 23.6 Å². The van der Waals surface area contributed by atoms with E-state index in [-0.39, 0.29) is 11.8 Å². The zero-order valence-electron chi connectivity index (χ0n) is 15.6. The fourth-order valence-electron chi connectivity index (χ4n) is 3.35. The van der Waals surface area contributed by atoms with Crippen LogP contribution in [-0.4, -0.2) is 24.7 Å². The molecule has 0 saturated carbocycles. The highest BCUT2D eigenvalue weighted by Gasteiger charge is 2.20. The van der Waals surface area contributed by atoms with E-state index in [1.807, 2.05) is 56.3 Å². The molecule has 0 spiro atoms. The van der Waals surface area contributed by atoms with E-state index in [1.54, 1.807) is 18.8 Å². The third-order valence-electron chi connectivity index (χ3n) is 4.70. The molecule has 5 heteroatoms. The Hall–Kier alpha value is -2.95. The minimum atomic E-state index is -0.191. The maximum absolute atomic E-state index is 13.1. The largest absolute Gasteiger partial charge is 0.493 e. The molecule has 0 saturated heterocycles. The van der Waals surface area contributed by atoms with Gasteiger partial charge < -0.3 is 15.2 Å². The zero-order valence-corrected chi connectivity index (χ0v) is 15.6. The van der Waals surface area contributed by atoms with Crippen LogP contribution >= 0.6 is 0 Å². The monoisotopic (exact) mass is 352 g/mol. The SMILES string of the molecule is COc1ccc(CC(C)C(=O)n2c(C)cc3c(N)cccc32)cc1OC. The molecule has 3 aromatic rings. The van der Waals surface area contributed by atoms with Crippen LogP contribution in [0.1, 0.15) is 23.0 Å². The summed E-state index contributed by atoms with van der Waals surface area (Å²) in [7, 11) is 3.21. The number of carbonyl (C=O) groups is 1. The number of benzene rings is 2. The Morgan fingerprint density at radius 2 is 1.85 bits per heavy atom. The summed E-state index contributed by atoms with van der Waals surface area (Å²) in [5.41, 5.74) is 9.50. The highest BCUT2D eigenvalue weighted by molar-refractivity contribution is 5.99. The van der Waals surface area contributed by atoms with Gasteiger partial charge in [0.15, 0.2) is 11.5 Å². The number of anilines is 1. The summed E-state index contributed by atoms with van der Waals surface area (Å²) in [4.78, 5) is 13.1. The number of carbonyl (C=O) groups excluding carboxylic acids is 1. The lowest BCUT2D eigenvalue weighted by Crippen LogP contribution is -2.22. The van der Waals surface area contributed by atoms with E-state index < -0.39 is 0 Å². The van der Waals surface area contributed by atoms with Gasteiger partial charge in [0.2, 0.25) is 5.91 Å². The van der Waals surface area contributed by atoms with Crippen molar-refractivity contribution in [2.75, 3.05) is 20.0 Å². The van der Waals surface area contributed by atoms with Crippen molar-refractivity contribution in [3.63, 3.8) is 0 Å². The van der Waals surface area contributed by atoms with Crippen molar-refractivity contribution in [1.29, 1.82) is 0 Å². The first-order chi connectivity index (χ1) is 12.5. The van der Waals surface area contributed by atoms with Crippen LogP contribution in [0.5, 0.6) is 11.5 Å². The predicted octanol–water partition coefficient (Wildman–Crippen LogP) is 4.07. The van der Waals surface area contributed by atoms with Crippen LogP contribution in [0.2, 0.25) is 0 Å². The molecule has 0 aliphatic heterocycles. The van der Waals surface area contributed by atoms with E-state index in [0.717, 1.165) is 22.2 Å². The highest BCUT2D eigenvalue weighted by Crippen LogP contribution is 2.30. The molecule has 136 valence electrons. The summed E-state index contributed by atoms with van der Waals surface area (Å²) in [6.45, 7) is 3.87. The maximum Gasteiger partial charge on any atom is 0.234 e. The smallest absolute Gasteiger partial charge is 0.234 e. The summed E-state index contributed by atoms with van der Waals surface area (Å²) in [5, 5.41) is 0.914. The fraction of sp³-hybridized carbons (Fsp3) is 0.286. The normalized spacial score (nSPS) is 12.2. The van der Waals surface area contributed by atoms with Gasteiger partial charge in [0.05, 0.1) is 19.7 Å². The molecular weight excluding hydrogens is 328 g/mol. The minimum absolute atomic E-state index is 0.0536. The number of ether oxygens (including phenoxy) is 2. The van der Waals surface area contributed by atoms with Gasteiger partial charge in [0.25, 0.3) is 0 Å². The van der Waals surface area contributed by atoms with Gasteiger partial charge in [-0.1, -0.05) is 19.1 Å². The number of methoxy groups -OCH3 is 2. The molecular formula is C21H24N2O3. The molecule has 5 nitrogen and oxygen atoms in total. The first kappa shape index (κ1) is 17.9. The first-order valence-corrected chi connectivity index (χ1v) is 8.58. The standard InChI is InChI=1S/C21H24N2O3/c1-13(10-15-8-9-19(25-3)20(12-15)26-4)21(24)23-14(2)11-16-17(22)6-5-7-18(16)23/h5-9,11-13H,10,22H2,1-4H3. The zero-order chi connectivity index (χ0) is 18.8. The number of nitrogens with two attached hydrogens (primary N) is 1. The van der Waals surface area contributed by atoms with Gasteiger partial charge in [-0.3, -0.25) is 9.36 Å². The van der Waals surface area contributed by atoms with Crippen LogP contribution in [0, 0.1) is 12.8 Å². The molecule has 0 aliphatic rings. The fourth-order valence-corrected chi connectivity index (χ4v) is 3.35. The topological polar surface area (TPSA) is 66.5 Å². The minimum Gasteiger partial charge on any atom is -0.493 e. The molecule has 2 aromatic carbocycles. The van der Waals surface area contributed by atoms with Crippen LogP contribution in [0.15, 0.2) is 42.5 Å². The number of aryl methyl sites for hydroxylation is 1. The molecule has 26 heavy (non-hydrogen) atoms. The number of nitrogens with zero attached hydrogens (tertiary/aromatic N) is 1. The van der Waals surface area contributed by atoms with E-state index in [4.69, 9.17) is 15.2 Å². The van der Waals surface area contributed by atoms with Gasteiger partial charge in [-0.05, 0) is 49.2 Å². The van der Waals surface area contributed by atoms with E-state index in [1.165, 1.54) is 0 Å². The second-order valence-electron chi connectivity index (χ2n) is 6.53. The van der Waals surface area contributed by atoms with Crippen LogP contribution in [-0.2, 0) is 6.42 Å². The molecule has 0 amide bonds. The molecule has 3 rings (SSSR count). The Morgan fingerprint density at radius 1 is 1.12 bits per heavy atom. The highest BCUT2D eigenvalue weighted by atomic mass is 16.5. The van der Waals surface area contributed by atoms with Gasteiger partial charge in [-0.2, -0.15) is 0 Å². The number of hydrogen-bond donors (Lipinski definition) is 1. The van der Waals surface area contributed by atoms with Crippen LogP contribution in [0.25, 0.3) is 10.9 Å². The van der Waals surface area contributed by atoms with Gasteiger partial charge in [0.1, 0.15) is 0 Å². The molecule has 1 atom stereocenters. The molecule has 0 aliphatic carbocycles. The Kier molecular flexibility index (Phi) is 4.89. The third-order valence-corrected chi connectivity index (χ3v) is 4.70. The van der Waals surface area contributed by atoms with Crippen molar-refractivity contribution in [3.8, 4) is 11.5 Å². The second kappa shape index (κ2) is 7.12. The average Bonchev–Trinajstić information content (AvgIpc) is 2.98. The van der Waals surface area contributed by atoms with Crippen molar-refractivity contribution in [2.45, 2.75) is 20.3 Å². The average molecular weight is 352 g/mol. The Labute approximate surface area is 153 Å².